The van der Waals surface area contributed by atoms with E-state index in [0.29, 0.717) is 6.07 Å². The summed E-state index contributed by atoms with van der Waals surface area (Å²) in [5.41, 5.74) is -6.64. The van der Waals surface area contributed by atoms with Gasteiger partial charge >= 0.3 is 196 Å². The number of nitrogens with zero attached hydrogens (tertiary/aromatic N) is 2. The summed E-state index contributed by atoms with van der Waals surface area (Å²) in [5, 5.41) is 9.87. The van der Waals surface area contributed by atoms with E-state index in [1.807, 2.05) is 0 Å². The molecule has 1 heterocycles. The minimum atomic E-state index is -6.07. The van der Waals surface area contributed by atoms with Gasteiger partial charge in [-0.2, -0.15) is 0 Å². The van der Waals surface area contributed by atoms with Crippen LogP contribution in [0.4, 0.5) is 26.3 Å². The van der Waals surface area contributed by atoms with Gasteiger partial charge in [0.05, 0.1) is 0 Å². The molecule has 2 rings (SSSR count). The number of imide groups is 1. The van der Waals surface area contributed by atoms with Crippen LogP contribution in [0.2, 0.25) is 4.63 Å². The topological polar surface area (TPSA) is 77.9 Å². The number of carbonyl (C=O) groups excluding carboxylic acids is 3. The molecule has 1 aliphatic heterocycles. The molecule has 1 N–H and O–H groups in total. The molecule has 1 aromatic rings. The Hall–Kier alpha value is -1.72. The van der Waals surface area contributed by atoms with Gasteiger partial charge < -0.3 is 0 Å². The molecule has 0 saturated carbocycles. The summed E-state index contributed by atoms with van der Waals surface area (Å²) in [4.78, 5) is 37.2. The summed E-state index contributed by atoms with van der Waals surface area (Å²) in [6.07, 6.45) is -10.4. The number of amides is 3. The number of benzene rings is 1. The summed E-state index contributed by atoms with van der Waals surface area (Å²) >= 11 is -3.26. The number of rotatable bonds is 7. The molecule has 0 saturated heterocycles. The molecule has 0 atom stereocenters. The van der Waals surface area contributed by atoms with Crippen molar-refractivity contribution in [2.75, 3.05) is 13.6 Å². The Labute approximate surface area is 196 Å². The monoisotopic (exact) mass is 698 g/mol. The zero-order valence-corrected chi connectivity index (χ0v) is 20.8. The number of halogens is 7. The molecule has 1 aromatic carbocycles. The fourth-order valence-corrected chi connectivity index (χ4v) is 6.90. The van der Waals surface area contributed by atoms with Crippen molar-refractivity contribution in [1.82, 2.24) is 9.80 Å². The third kappa shape index (κ3) is 5.68. The van der Waals surface area contributed by atoms with Crippen LogP contribution in [0.25, 0.3) is 0 Å². The van der Waals surface area contributed by atoms with Crippen LogP contribution in [-0.2, 0) is 26.5 Å². The van der Waals surface area contributed by atoms with Crippen LogP contribution < -0.4 is 3.27 Å². The third-order valence-electron chi connectivity index (χ3n) is 4.82. The van der Waals surface area contributed by atoms with Gasteiger partial charge in [-0.05, 0) is 0 Å². The molecule has 14 heteroatoms. The first-order valence-corrected chi connectivity index (χ1v) is 17.1. The molecular formula is C19H18AtClF6N2O4. The molecule has 3 amide bonds. The molecule has 6 nitrogen and oxygen atoms in total. The Bertz CT molecular complexity index is 948. The number of hydrogen-bond acceptors (Lipinski definition) is 4. The summed E-state index contributed by atoms with van der Waals surface area (Å²) < 4.78 is 81.6. The van der Waals surface area contributed by atoms with E-state index in [0.717, 1.165) is 28.0 Å². The standard InChI is InChI=1S/C19H18AtClF6N2O4/c1-20(21)13-4-3-11(9-12(13)17(33,18(22,23)24)19(25,26)27)10-28(2)14(30)7-8-29-15(31)5-6-16(29)32/h3-6,9,33H,7-8,10H2,1-2H3/i20+1. The summed E-state index contributed by atoms with van der Waals surface area (Å²) in [6, 6.07) is 2.80. The van der Waals surface area contributed by atoms with Crippen molar-refractivity contribution in [2.24, 2.45) is 0 Å². The van der Waals surface area contributed by atoms with E-state index in [1.165, 1.54) is 17.7 Å². The van der Waals surface area contributed by atoms with Crippen molar-refractivity contribution in [3.05, 3.63) is 41.5 Å². The first kappa shape index (κ1) is 27.5. The second-order valence-corrected chi connectivity index (χ2v) is 15.6. The number of alkyl halides is 6. The Balaban J connectivity index is 2.30. The van der Waals surface area contributed by atoms with Crippen molar-refractivity contribution in [1.29, 1.82) is 0 Å². The second kappa shape index (κ2) is 9.87. The fourth-order valence-electron chi connectivity index (χ4n) is 3.05. The molecule has 33 heavy (non-hydrogen) atoms. The van der Waals surface area contributed by atoms with Crippen molar-refractivity contribution in [3.63, 3.8) is 0 Å². The van der Waals surface area contributed by atoms with Gasteiger partial charge in [0.15, 0.2) is 0 Å². The molecule has 0 fully saturated rings. The molecule has 184 valence electrons. The van der Waals surface area contributed by atoms with Crippen LogP contribution in [0.1, 0.15) is 17.5 Å². The summed E-state index contributed by atoms with van der Waals surface area (Å²) in [7, 11) is 7.21. The van der Waals surface area contributed by atoms with Gasteiger partial charge in [-0.3, -0.25) is 0 Å². The van der Waals surface area contributed by atoms with Crippen molar-refractivity contribution in [3.8, 4) is 0 Å². The van der Waals surface area contributed by atoms with Crippen LogP contribution in [0, 0.1) is 20.6 Å². The predicted molar refractivity (Wildman–Crippen MR) is 101 cm³/mol. The fraction of sp³-hybridized carbons (Fsp3) is 0.421. The Morgan fingerprint density at radius 3 is 2.06 bits per heavy atom. The molecule has 0 aliphatic carbocycles. The number of hydrogen-bond donors (Lipinski definition) is 1. The van der Waals surface area contributed by atoms with Crippen molar-refractivity contribution in [2.45, 2.75) is 35.6 Å². The third-order valence-corrected chi connectivity index (χ3v) is 9.63. The molecule has 0 aromatic heterocycles. The van der Waals surface area contributed by atoms with Crippen LogP contribution >= 0.6 is 8.51 Å². The maximum absolute atomic E-state index is 13.4. The average Bonchev–Trinajstić information content (AvgIpc) is 3.00. The first-order chi connectivity index (χ1) is 15.0. The molecule has 1 aliphatic rings. The normalized spacial score (nSPS) is 15.3. The van der Waals surface area contributed by atoms with Crippen LogP contribution in [0.3, 0.4) is 0 Å². The van der Waals surface area contributed by atoms with Crippen LogP contribution in [-0.4, -0.2) is 58.6 Å². The number of aliphatic hydroxyl groups is 1. The van der Waals surface area contributed by atoms with E-state index in [1.54, 1.807) is 0 Å². The molecular weight excluding hydrogens is 681 g/mol. The minimum absolute atomic E-state index is 0.106. The van der Waals surface area contributed by atoms with E-state index < -0.39 is 65.1 Å². The molecule has 0 radical (unpaired) electrons. The Kier molecular flexibility index (Phi) is 8.24. The Morgan fingerprint density at radius 1 is 1.09 bits per heavy atom. The van der Waals surface area contributed by atoms with Crippen LogP contribution in [0.15, 0.2) is 30.4 Å². The maximum atomic E-state index is 13.4. The van der Waals surface area contributed by atoms with Gasteiger partial charge in [-0.25, -0.2) is 0 Å². The zero-order chi connectivity index (χ0) is 25.4. The number of carbonyl (C=O) groups is 3. The Morgan fingerprint density at radius 2 is 1.61 bits per heavy atom. The van der Waals surface area contributed by atoms with E-state index in [-0.39, 0.29) is 25.1 Å². The summed E-state index contributed by atoms with van der Waals surface area (Å²) in [5.74, 6) is -1.82. The van der Waals surface area contributed by atoms with Gasteiger partial charge in [0, 0.05) is 0 Å². The zero-order valence-electron chi connectivity index (χ0n) is 17.1. The van der Waals surface area contributed by atoms with Crippen molar-refractivity contribution >= 4 is 29.5 Å². The van der Waals surface area contributed by atoms with E-state index in [4.69, 9.17) is 8.51 Å². The molecule has 0 bridgehead atoms. The van der Waals surface area contributed by atoms with Gasteiger partial charge in [-0.15, -0.1) is 0 Å². The van der Waals surface area contributed by atoms with Crippen molar-refractivity contribution < 1.29 is 66.4 Å². The van der Waals surface area contributed by atoms with Gasteiger partial charge in [0.2, 0.25) is 0 Å². The SMILES string of the molecule is CN(Cc1ccc([211At](C)Cl)c(C(O)(C(F)(F)F)C(F)(F)F)c1)C(=O)CCN1C(=O)C=CC1=O. The van der Waals surface area contributed by atoms with E-state index in [2.05, 4.69) is 0 Å². The van der Waals surface area contributed by atoms with Gasteiger partial charge in [0.25, 0.3) is 0 Å². The molecule has 0 spiro atoms. The van der Waals surface area contributed by atoms with Gasteiger partial charge in [0.1, 0.15) is 0 Å². The average molecular weight is 699 g/mol. The van der Waals surface area contributed by atoms with E-state index in [9.17, 15) is 45.8 Å². The first-order valence-electron chi connectivity index (χ1n) is 9.04. The predicted octanol–water partition coefficient (Wildman–Crippen LogP) is 2.72. The second-order valence-electron chi connectivity index (χ2n) is 7.08. The van der Waals surface area contributed by atoms with E-state index >= 15 is 0 Å². The van der Waals surface area contributed by atoms with Crippen LogP contribution in [0.5, 0.6) is 0 Å². The summed E-state index contributed by atoms with van der Waals surface area (Å²) in [6.45, 7) is -0.626. The van der Waals surface area contributed by atoms with Gasteiger partial charge in [-0.1, -0.05) is 0 Å². The molecule has 0 unspecified atom stereocenters. The quantitative estimate of drug-likeness (QED) is 0.351.